The van der Waals surface area contributed by atoms with E-state index in [0.717, 1.165) is 63.5 Å². The molecule has 52 heavy (non-hydrogen) atoms. The Balaban J connectivity index is 2.12. The topological polar surface area (TPSA) is 60.5 Å². The number of rotatable bonds is 26. The second-order valence-electron chi connectivity index (χ2n) is 17.2. The maximum atomic E-state index is 15.2. The number of hydrogen-bond donors (Lipinski definition) is 0. The molecule has 1 saturated heterocycles. The molecule has 1 aliphatic heterocycles. The molecular formula is C43H74N2O5Si2. The number of hydrogen-bond acceptors (Lipinski definition) is 5. The summed E-state index contributed by atoms with van der Waals surface area (Å²) in [6.07, 6.45) is 9.26. The van der Waals surface area contributed by atoms with Crippen LogP contribution in [0.1, 0.15) is 76.3 Å². The summed E-state index contributed by atoms with van der Waals surface area (Å²) >= 11 is 0. The molecule has 2 aromatic rings. The van der Waals surface area contributed by atoms with Crippen molar-refractivity contribution < 1.29 is 23.7 Å². The molecule has 2 aromatic carbocycles. The molecule has 0 aliphatic carbocycles. The number of amides is 2. The standard InChI is InChI=1S/C43H74N2O5Si2/c1-9-11-13-21-27-44-39(33-37-23-17-15-18-24-37)41(49-35-47-29-31-51(3,4)5)42(50-36-48-30-32-52(6,7)8)40(34-38-25-19-16-20-26-38)45(43(44)46)28-22-14-12-10-2/h15-20,23-26,39-42H,9-14,21-22,27-36H2,1-8H3/t39-,40-,41+,42+/m1/s1. The molecule has 0 spiro atoms. The van der Waals surface area contributed by atoms with E-state index in [1.165, 1.54) is 11.1 Å². The van der Waals surface area contributed by atoms with Crippen LogP contribution in [-0.2, 0) is 31.8 Å². The Morgan fingerprint density at radius 3 is 1.29 bits per heavy atom. The van der Waals surface area contributed by atoms with E-state index < -0.39 is 28.4 Å². The zero-order chi connectivity index (χ0) is 37.8. The van der Waals surface area contributed by atoms with Gasteiger partial charge in [0, 0.05) is 42.5 Å². The predicted molar refractivity (Wildman–Crippen MR) is 223 cm³/mol. The van der Waals surface area contributed by atoms with Gasteiger partial charge in [-0.1, -0.05) is 152 Å². The first-order valence-electron chi connectivity index (χ1n) is 20.5. The van der Waals surface area contributed by atoms with E-state index in [0.29, 0.717) is 39.1 Å². The minimum atomic E-state index is -1.27. The number of nitrogens with zero attached hydrogens (tertiary/aromatic N) is 2. The third-order valence-corrected chi connectivity index (χ3v) is 13.5. The fourth-order valence-electron chi connectivity index (χ4n) is 6.89. The number of carbonyl (C=O) groups is 1. The SMILES string of the molecule is CCCCCCN1C(=O)N(CCCCCC)[C@H](Cc2ccccc2)[C@H](OCOCC[Si](C)(C)C)[C@@H](OCOCC[Si](C)(C)C)[C@H]1Cc1ccccc1. The van der Waals surface area contributed by atoms with Gasteiger partial charge in [0.25, 0.3) is 0 Å². The highest BCUT2D eigenvalue weighted by Crippen LogP contribution is 2.32. The van der Waals surface area contributed by atoms with Gasteiger partial charge < -0.3 is 28.7 Å². The van der Waals surface area contributed by atoms with Crippen molar-refractivity contribution in [2.24, 2.45) is 0 Å². The maximum Gasteiger partial charge on any atom is 0.320 e. The summed E-state index contributed by atoms with van der Waals surface area (Å²) in [6, 6.07) is 23.0. The van der Waals surface area contributed by atoms with Gasteiger partial charge in [-0.05, 0) is 48.9 Å². The molecule has 2 amide bonds. The third-order valence-electron chi connectivity index (χ3n) is 10.1. The highest BCUT2D eigenvalue weighted by atomic mass is 28.3. The van der Waals surface area contributed by atoms with Crippen LogP contribution in [0, 0.1) is 0 Å². The lowest BCUT2D eigenvalue weighted by molar-refractivity contribution is -0.187. The van der Waals surface area contributed by atoms with E-state index in [1.54, 1.807) is 0 Å². The van der Waals surface area contributed by atoms with E-state index >= 15 is 4.79 Å². The van der Waals surface area contributed by atoms with Crippen LogP contribution < -0.4 is 0 Å². The van der Waals surface area contributed by atoms with Gasteiger partial charge in [0.15, 0.2) is 0 Å². The Kier molecular flexibility index (Phi) is 20.2. The molecule has 294 valence electrons. The molecule has 7 nitrogen and oxygen atoms in total. The number of benzene rings is 2. The van der Waals surface area contributed by atoms with Crippen molar-refractivity contribution in [3.63, 3.8) is 0 Å². The summed E-state index contributed by atoms with van der Waals surface area (Å²) in [6.45, 7) is 21.8. The maximum absolute atomic E-state index is 15.2. The minimum Gasteiger partial charge on any atom is -0.356 e. The summed E-state index contributed by atoms with van der Waals surface area (Å²) in [5, 5.41) is 0. The zero-order valence-electron chi connectivity index (χ0n) is 34.2. The van der Waals surface area contributed by atoms with Gasteiger partial charge in [0.2, 0.25) is 0 Å². The Morgan fingerprint density at radius 1 is 0.558 bits per heavy atom. The lowest BCUT2D eigenvalue weighted by Gasteiger charge is -2.38. The predicted octanol–water partition coefficient (Wildman–Crippen LogP) is 10.5. The molecule has 9 heteroatoms. The fraction of sp³-hybridized carbons (Fsp3) is 0.698. The Morgan fingerprint density at radius 2 is 0.942 bits per heavy atom. The average Bonchev–Trinajstić information content (AvgIpc) is 3.17. The van der Waals surface area contributed by atoms with Crippen molar-refractivity contribution >= 4 is 22.2 Å². The number of unbranched alkanes of at least 4 members (excludes halogenated alkanes) is 6. The molecule has 0 saturated carbocycles. The Hall–Kier alpha value is -2.02. The van der Waals surface area contributed by atoms with E-state index in [4.69, 9.17) is 18.9 Å². The van der Waals surface area contributed by atoms with Crippen LogP contribution in [-0.4, -0.2) is 96.2 Å². The summed E-state index contributed by atoms with van der Waals surface area (Å²) in [4.78, 5) is 19.5. The highest BCUT2D eigenvalue weighted by molar-refractivity contribution is 6.76. The van der Waals surface area contributed by atoms with Gasteiger partial charge in [0.1, 0.15) is 25.8 Å². The van der Waals surface area contributed by atoms with Gasteiger partial charge in [-0.15, -0.1) is 0 Å². The van der Waals surface area contributed by atoms with Crippen molar-refractivity contribution in [1.29, 1.82) is 0 Å². The van der Waals surface area contributed by atoms with Gasteiger partial charge in [-0.3, -0.25) is 0 Å². The van der Waals surface area contributed by atoms with E-state index in [2.05, 4.69) is 124 Å². The molecule has 3 rings (SSSR count). The zero-order valence-corrected chi connectivity index (χ0v) is 36.2. The van der Waals surface area contributed by atoms with Crippen molar-refractivity contribution in [2.75, 3.05) is 39.9 Å². The van der Waals surface area contributed by atoms with E-state index in [-0.39, 0.29) is 31.7 Å². The molecule has 1 aliphatic rings. The monoisotopic (exact) mass is 755 g/mol. The number of urea groups is 1. The summed E-state index contributed by atoms with van der Waals surface area (Å²) in [5.74, 6) is 0. The average molecular weight is 755 g/mol. The van der Waals surface area contributed by atoms with Crippen LogP contribution in [0.15, 0.2) is 60.7 Å². The summed E-state index contributed by atoms with van der Waals surface area (Å²) in [5.41, 5.74) is 2.38. The highest BCUT2D eigenvalue weighted by Gasteiger charge is 2.48. The van der Waals surface area contributed by atoms with Crippen LogP contribution in [0.2, 0.25) is 51.4 Å². The molecule has 0 radical (unpaired) electrons. The van der Waals surface area contributed by atoms with E-state index in [1.807, 2.05) is 0 Å². The molecule has 4 atom stereocenters. The second kappa shape index (κ2) is 23.7. The van der Waals surface area contributed by atoms with Crippen LogP contribution in [0.25, 0.3) is 0 Å². The van der Waals surface area contributed by atoms with Crippen LogP contribution in [0.3, 0.4) is 0 Å². The van der Waals surface area contributed by atoms with Crippen LogP contribution >= 0.6 is 0 Å². The molecule has 0 aromatic heterocycles. The van der Waals surface area contributed by atoms with Crippen molar-refractivity contribution in [2.45, 2.75) is 154 Å². The Bertz CT molecular complexity index is 1130. The molecule has 0 unspecified atom stereocenters. The first-order valence-corrected chi connectivity index (χ1v) is 27.9. The number of ether oxygens (including phenoxy) is 4. The first-order chi connectivity index (χ1) is 24.9. The van der Waals surface area contributed by atoms with Crippen LogP contribution in [0.4, 0.5) is 4.79 Å². The number of carbonyl (C=O) groups excluding carboxylic acids is 1. The van der Waals surface area contributed by atoms with Gasteiger partial charge in [0.05, 0.1) is 12.1 Å². The van der Waals surface area contributed by atoms with Gasteiger partial charge in [-0.25, -0.2) is 4.79 Å². The molecule has 0 bridgehead atoms. The lowest BCUT2D eigenvalue weighted by atomic mass is 9.90. The molecule has 1 heterocycles. The van der Waals surface area contributed by atoms with E-state index in [9.17, 15) is 0 Å². The van der Waals surface area contributed by atoms with Gasteiger partial charge >= 0.3 is 6.03 Å². The van der Waals surface area contributed by atoms with Gasteiger partial charge in [-0.2, -0.15) is 0 Å². The summed E-state index contributed by atoms with van der Waals surface area (Å²) < 4.78 is 26.4. The summed E-state index contributed by atoms with van der Waals surface area (Å²) in [7, 11) is -2.55. The van der Waals surface area contributed by atoms with Crippen molar-refractivity contribution in [3.8, 4) is 0 Å². The smallest absolute Gasteiger partial charge is 0.320 e. The lowest BCUT2D eigenvalue weighted by Crippen LogP contribution is -2.53. The first kappa shape index (κ1) is 44.4. The minimum absolute atomic E-state index is 0.105. The third kappa shape index (κ3) is 16.6. The molecule has 0 N–H and O–H groups in total. The van der Waals surface area contributed by atoms with Crippen molar-refractivity contribution in [3.05, 3.63) is 71.8 Å². The molecular weight excluding hydrogens is 681 g/mol. The fourth-order valence-corrected chi connectivity index (χ4v) is 8.40. The normalized spacial score (nSPS) is 20.0. The van der Waals surface area contributed by atoms with Crippen LogP contribution in [0.5, 0.6) is 0 Å². The molecule has 1 fully saturated rings. The Labute approximate surface area is 320 Å². The van der Waals surface area contributed by atoms with Crippen molar-refractivity contribution in [1.82, 2.24) is 9.80 Å². The quantitative estimate of drug-likeness (QED) is 0.0544. The second-order valence-corrected chi connectivity index (χ2v) is 28.5. The largest absolute Gasteiger partial charge is 0.356 e.